The fraction of sp³-hybridized carbons (Fsp3) is 0.571. The monoisotopic (exact) mass is 298 g/mol. The highest BCUT2D eigenvalue weighted by molar-refractivity contribution is 7.89. The molecule has 1 fully saturated rings. The molecule has 0 bridgehead atoms. The van der Waals surface area contributed by atoms with Gasteiger partial charge in [-0.05, 0) is 49.9 Å². The summed E-state index contributed by atoms with van der Waals surface area (Å²) in [6.07, 6.45) is 1.76. The molecule has 0 amide bonds. The van der Waals surface area contributed by atoms with Gasteiger partial charge in [0.2, 0.25) is 10.0 Å². The van der Waals surface area contributed by atoms with Crippen molar-refractivity contribution in [3.63, 3.8) is 0 Å². The van der Waals surface area contributed by atoms with Crippen LogP contribution in [-0.4, -0.2) is 44.1 Å². The first-order chi connectivity index (χ1) is 9.41. The predicted molar refractivity (Wildman–Crippen MR) is 79.5 cm³/mol. The van der Waals surface area contributed by atoms with Crippen LogP contribution in [-0.2, 0) is 10.0 Å². The third-order valence-corrected chi connectivity index (χ3v) is 5.85. The molecule has 1 saturated carbocycles. The van der Waals surface area contributed by atoms with Crippen molar-refractivity contribution in [3.8, 4) is 0 Å². The summed E-state index contributed by atoms with van der Waals surface area (Å²) in [6.45, 7) is 3.64. The molecular formula is C14H22N2O3S. The quantitative estimate of drug-likeness (QED) is 0.835. The summed E-state index contributed by atoms with van der Waals surface area (Å²) in [5.74, 6) is 0. The molecule has 1 aliphatic rings. The van der Waals surface area contributed by atoms with Gasteiger partial charge in [-0.2, -0.15) is 4.31 Å². The Kier molecular flexibility index (Phi) is 4.36. The van der Waals surface area contributed by atoms with Crippen LogP contribution < -0.4 is 5.32 Å². The third-order valence-electron chi connectivity index (χ3n) is 3.59. The molecule has 0 radical (unpaired) electrons. The molecule has 1 aliphatic carbocycles. The summed E-state index contributed by atoms with van der Waals surface area (Å²) in [4.78, 5) is 0.372. The van der Waals surface area contributed by atoms with Gasteiger partial charge < -0.3 is 10.4 Å². The van der Waals surface area contributed by atoms with E-state index in [0.29, 0.717) is 4.90 Å². The van der Waals surface area contributed by atoms with E-state index >= 15 is 0 Å². The van der Waals surface area contributed by atoms with Crippen LogP contribution >= 0.6 is 0 Å². The number of rotatable bonds is 6. The number of anilines is 1. The van der Waals surface area contributed by atoms with Crippen LogP contribution in [0.3, 0.4) is 0 Å². The fourth-order valence-electron chi connectivity index (χ4n) is 2.58. The molecule has 6 heteroatoms. The van der Waals surface area contributed by atoms with E-state index < -0.39 is 10.0 Å². The summed E-state index contributed by atoms with van der Waals surface area (Å²) in [7, 11) is -1.73. The van der Waals surface area contributed by atoms with Gasteiger partial charge in [-0.3, -0.25) is 0 Å². The number of nitrogens with zero attached hydrogens (tertiary/aromatic N) is 1. The van der Waals surface area contributed by atoms with E-state index in [-0.39, 0.29) is 19.2 Å². The van der Waals surface area contributed by atoms with Crippen molar-refractivity contribution >= 4 is 15.7 Å². The molecule has 5 nitrogen and oxygen atoms in total. The van der Waals surface area contributed by atoms with Crippen molar-refractivity contribution in [1.82, 2.24) is 4.31 Å². The Bertz CT molecular complexity index is 571. The van der Waals surface area contributed by atoms with Crippen LogP contribution in [0.1, 0.15) is 24.0 Å². The average molecular weight is 298 g/mol. The zero-order valence-electron chi connectivity index (χ0n) is 12.2. The lowest BCUT2D eigenvalue weighted by Crippen LogP contribution is -2.36. The van der Waals surface area contributed by atoms with Crippen LogP contribution in [0.4, 0.5) is 5.69 Å². The van der Waals surface area contributed by atoms with Crippen LogP contribution in [0.2, 0.25) is 0 Å². The van der Waals surface area contributed by atoms with Crippen LogP contribution in [0.25, 0.3) is 0 Å². The molecule has 1 aromatic rings. The highest BCUT2D eigenvalue weighted by atomic mass is 32.2. The Labute approximate surface area is 120 Å². The maximum absolute atomic E-state index is 12.8. The number of nitrogens with one attached hydrogen (secondary N) is 1. The Morgan fingerprint density at radius 2 is 1.85 bits per heavy atom. The van der Waals surface area contributed by atoms with Crippen molar-refractivity contribution in [2.75, 3.05) is 25.5 Å². The predicted octanol–water partition coefficient (Wildman–Crippen LogP) is 1.49. The van der Waals surface area contributed by atoms with Crippen molar-refractivity contribution in [3.05, 3.63) is 23.3 Å². The highest BCUT2D eigenvalue weighted by Crippen LogP contribution is 2.34. The van der Waals surface area contributed by atoms with Crippen molar-refractivity contribution in [2.45, 2.75) is 37.6 Å². The standard InChI is InChI=1S/C14H22N2O3S/c1-10-8-12(15-3)9-11(2)14(10)20(18,19)16(6-7-17)13-4-5-13/h8-9,13,15,17H,4-7H2,1-3H3. The first-order valence-corrected chi connectivity index (χ1v) is 8.27. The molecule has 0 aliphatic heterocycles. The summed E-state index contributed by atoms with van der Waals surface area (Å²) in [5, 5.41) is 12.2. The molecule has 1 aromatic carbocycles. The molecule has 0 aromatic heterocycles. The summed E-state index contributed by atoms with van der Waals surface area (Å²) in [6, 6.07) is 3.73. The van der Waals surface area contributed by atoms with Crippen molar-refractivity contribution in [2.24, 2.45) is 0 Å². The summed E-state index contributed by atoms with van der Waals surface area (Å²) >= 11 is 0. The Hall–Kier alpha value is -1.11. The molecule has 0 saturated heterocycles. The number of aliphatic hydroxyl groups is 1. The van der Waals surface area contributed by atoms with E-state index in [4.69, 9.17) is 5.11 Å². The van der Waals surface area contributed by atoms with Gasteiger partial charge in [-0.1, -0.05) is 0 Å². The van der Waals surface area contributed by atoms with Crippen LogP contribution in [0.5, 0.6) is 0 Å². The van der Waals surface area contributed by atoms with Gasteiger partial charge in [0, 0.05) is 25.3 Å². The number of aliphatic hydroxyl groups excluding tert-OH is 1. The largest absolute Gasteiger partial charge is 0.395 e. The van der Waals surface area contributed by atoms with Gasteiger partial charge >= 0.3 is 0 Å². The molecule has 0 unspecified atom stereocenters. The first kappa shape index (κ1) is 15.3. The lowest BCUT2D eigenvalue weighted by atomic mass is 10.1. The van der Waals surface area contributed by atoms with Crippen LogP contribution in [0.15, 0.2) is 17.0 Å². The van der Waals surface area contributed by atoms with E-state index in [1.807, 2.05) is 33.0 Å². The smallest absolute Gasteiger partial charge is 0.243 e. The molecule has 112 valence electrons. The van der Waals surface area contributed by atoms with Gasteiger partial charge in [-0.25, -0.2) is 8.42 Å². The fourth-order valence-corrected chi connectivity index (χ4v) is 4.67. The molecule has 0 spiro atoms. The minimum Gasteiger partial charge on any atom is -0.395 e. The van der Waals surface area contributed by atoms with Gasteiger partial charge in [0.15, 0.2) is 0 Å². The van der Waals surface area contributed by atoms with Crippen molar-refractivity contribution < 1.29 is 13.5 Å². The van der Waals surface area contributed by atoms with Crippen molar-refractivity contribution in [1.29, 1.82) is 0 Å². The third kappa shape index (κ3) is 2.82. The average Bonchev–Trinajstić information content (AvgIpc) is 3.18. The maximum atomic E-state index is 12.8. The molecule has 0 atom stereocenters. The second-order valence-corrected chi connectivity index (χ2v) is 7.09. The number of aryl methyl sites for hydroxylation is 2. The van der Waals surface area contributed by atoms with Gasteiger partial charge in [0.1, 0.15) is 0 Å². The zero-order chi connectivity index (χ0) is 14.9. The van der Waals surface area contributed by atoms with E-state index in [9.17, 15) is 8.42 Å². The zero-order valence-corrected chi connectivity index (χ0v) is 13.0. The SMILES string of the molecule is CNc1cc(C)c(S(=O)(=O)N(CCO)C2CC2)c(C)c1. The molecule has 20 heavy (non-hydrogen) atoms. The molecule has 0 heterocycles. The van der Waals surface area contributed by atoms with E-state index in [1.54, 1.807) is 0 Å². The maximum Gasteiger partial charge on any atom is 0.243 e. The van der Waals surface area contributed by atoms with E-state index in [0.717, 1.165) is 29.7 Å². The molecule has 2 rings (SSSR count). The topological polar surface area (TPSA) is 69.6 Å². The first-order valence-electron chi connectivity index (χ1n) is 6.83. The Balaban J connectivity index is 2.48. The van der Waals surface area contributed by atoms with E-state index in [2.05, 4.69) is 5.32 Å². The van der Waals surface area contributed by atoms with Gasteiger partial charge in [0.05, 0.1) is 11.5 Å². The Morgan fingerprint density at radius 3 is 2.25 bits per heavy atom. The number of sulfonamides is 1. The summed E-state index contributed by atoms with van der Waals surface area (Å²) < 4.78 is 27.1. The normalized spacial score (nSPS) is 15.7. The lowest BCUT2D eigenvalue weighted by Gasteiger charge is -2.23. The van der Waals surface area contributed by atoms with Crippen LogP contribution in [0, 0.1) is 13.8 Å². The lowest BCUT2D eigenvalue weighted by molar-refractivity contribution is 0.250. The summed E-state index contributed by atoms with van der Waals surface area (Å²) in [5.41, 5.74) is 2.37. The minimum absolute atomic E-state index is 0.0509. The number of benzene rings is 1. The van der Waals surface area contributed by atoms with E-state index in [1.165, 1.54) is 4.31 Å². The highest BCUT2D eigenvalue weighted by Gasteiger charge is 2.38. The van der Waals surface area contributed by atoms with Gasteiger partial charge in [-0.15, -0.1) is 0 Å². The number of hydrogen-bond acceptors (Lipinski definition) is 4. The van der Waals surface area contributed by atoms with Gasteiger partial charge in [0.25, 0.3) is 0 Å². The Morgan fingerprint density at radius 1 is 1.30 bits per heavy atom. The molecule has 2 N–H and O–H groups in total. The second-order valence-electron chi connectivity index (χ2n) is 5.26. The number of hydrogen-bond donors (Lipinski definition) is 2. The minimum atomic E-state index is -3.54. The second kappa shape index (κ2) is 5.71. The molecular weight excluding hydrogens is 276 g/mol.